The summed E-state index contributed by atoms with van der Waals surface area (Å²) in [5.74, 6) is -0.343. The third kappa shape index (κ3) is 6.66. The number of nitrogens with one attached hydrogen (secondary N) is 2. The molecule has 1 aliphatic carbocycles. The first-order chi connectivity index (χ1) is 21.3. The average molecular weight is 625 g/mol. The average Bonchev–Trinajstić information content (AvgIpc) is 3.80. The fraction of sp³-hybridized carbons (Fsp3) is 0.469. The summed E-state index contributed by atoms with van der Waals surface area (Å²) in [6.07, 6.45) is -2.00. The molecule has 2 aromatic heterocycles. The van der Waals surface area contributed by atoms with Crippen LogP contribution in [0.15, 0.2) is 35.3 Å². The minimum Gasteiger partial charge on any atom is -0.383 e. The molecule has 1 saturated heterocycles. The zero-order valence-corrected chi connectivity index (χ0v) is 26.1. The Morgan fingerprint density at radius 1 is 1.11 bits per heavy atom. The van der Waals surface area contributed by atoms with E-state index in [2.05, 4.69) is 49.7 Å². The molecule has 2 amide bonds. The number of piperidine rings is 1. The van der Waals surface area contributed by atoms with Gasteiger partial charge < -0.3 is 21.3 Å². The highest BCUT2D eigenvalue weighted by atomic mass is 19.4. The molecule has 2 aliphatic rings. The first kappa shape index (κ1) is 32.0. The van der Waals surface area contributed by atoms with Crippen LogP contribution in [-0.4, -0.2) is 59.1 Å². The molecule has 1 saturated carbocycles. The maximum Gasteiger partial charge on any atom is 0.433 e. The lowest BCUT2D eigenvalue weighted by atomic mass is 9.89. The first-order valence-electron chi connectivity index (χ1n) is 15.1. The van der Waals surface area contributed by atoms with Crippen molar-refractivity contribution in [3.63, 3.8) is 0 Å². The number of aromatic nitrogens is 3. The smallest absolute Gasteiger partial charge is 0.383 e. The summed E-state index contributed by atoms with van der Waals surface area (Å²) in [5.41, 5.74) is 10.6. The third-order valence-corrected chi connectivity index (χ3v) is 8.65. The summed E-state index contributed by atoms with van der Waals surface area (Å²) in [7, 11) is 3.39. The summed E-state index contributed by atoms with van der Waals surface area (Å²) in [6, 6.07) is 8.39. The van der Waals surface area contributed by atoms with Gasteiger partial charge in [-0.1, -0.05) is 12.1 Å². The fourth-order valence-corrected chi connectivity index (χ4v) is 6.13. The van der Waals surface area contributed by atoms with E-state index in [-0.39, 0.29) is 47.8 Å². The lowest BCUT2D eigenvalue weighted by molar-refractivity contribution is -0.141. The number of nitrogens with two attached hydrogens (primary N) is 1. The van der Waals surface area contributed by atoms with E-state index in [1.54, 1.807) is 18.8 Å². The second-order valence-corrected chi connectivity index (χ2v) is 11.9. The number of carbonyl (C=O) groups is 2. The standard InChI is InChI=1S/C32H39F3N8O2/c1-17-6-7-21(27-19(3)41-43(30(27)38-5)16-26(44)37-4)15-24(17)42-13-12-22(14-18(42)2)31(45)40-29(36)23-10-11-25(32(33,34)35)39-28(23)20-8-9-20/h6-7,10-11,15,18,20,22,38H,8-9,12-14,16H2,1-5H3,(H,37,44)(H2,36,40,45). The predicted octanol–water partition coefficient (Wildman–Crippen LogP) is 4.78. The Balaban J connectivity index is 1.34. The number of aryl methyl sites for hydroxylation is 2. The van der Waals surface area contributed by atoms with E-state index in [1.165, 1.54) is 6.07 Å². The van der Waals surface area contributed by atoms with Gasteiger partial charge in [0, 0.05) is 55.3 Å². The van der Waals surface area contributed by atoms with Gasteiger partial charge in [-0.3, -0.25) is 9.59 Å². The molecule has 2 fully saturated rings. The van der Waals surface area contributed by atoms with Crippen molar-refractivity contribution < 1.29 is 22.8 Å². The summed E-state index contributed by atoms with van der Waals surface area (Å²) in [6.45, 7) is 6.73. The number of nitrogens with zero attached hydrogens (tertiary/aromatic N) is 5. The Hall–Kier alpha value is -4.42. The molecule has 2 unspecified atom stereocenters. The van der Waals surface area contributed by atoms with Gasteiger partial charge in [0.15, 0.2) is 0 Å². The molecule has 3 aromatic rings. The van der Waals surface area contributed by atoms with E-state index in [1.807, 2.05) is 19.9 Å². The number of anilines is 2. The Bertz CT molecular complexity index is 1640. The number of hydrogen-bond acceptors (Lipinski definition) is 6. The van der Waals surface area contributed by atoms with E-state index < -0.39 is 11.9 Å². The highest BCUT2D eigenvalue weighted by molar-refractivity contribution is 6.05. The molecule has 45 heavy (non-hydrogen) atoms. The molecule has 5 rings (SSSR count). The third-order valence-electron chi connectivity index (χ3n) is 8.65. The van der Waals surface area contributed by atoms with Gasteiger partial charge in [-0.05, 0) is 75.8 Å². The van der Waals surface area contributed by atoms with Crippen LogP contribution in [0.4, 0.5) is 24.7 Å². The molecule has 0 radical (unpaired) electrons. The van der Waals surface area contributed by atoms with Crippen LogP contribution in [0.3, 0.4) is 0 Å². The number of pyridine rings is 1. The van der Waals surface area contributed by atoms with Crippen molar-refractivity contribution in [1.82, 2.24) is 20.1 Å². The lowest BCUT2D eigenvalue weighted by Gasteiger charge is -2.39. The van der Waals surface area contributed by atoms with Crippen LogP contribution in [0.2, 0.25) is 0 Å². The van der Waals surface area contributed by atoms with Gasteiger partial charge >= 0.3 is 6.18 Å². The lowest BCUT2D eigenvalue weighted by Crippen LogP contribution is -2.43. The van der Waals surface area contributed by atoms with Crippen molar-refractivity contribution >= 4 is 29.2 Å². The molecule has 2 atom stereocenters. The SMILES string of the molecule is CNC(=O)Cn1nc(C)c(-c2ccc(C)c(N3CCC(C(=O)N=C(N)c4ccc(C(F)(F)F)nc4C4CC4)CC3C)c2)c1NC. The van der Waals surface area contributed by atoms with Crippen molar-refractivity contribution in [2.75, 3.05) is 30.9 Å². The minimum atomic E-state index is -4.56. The highest BCUT2D eigenvalue weighted by Gasteiger charge is 2.37. The molecule has 0 spiro atoms. The van der Waals surface area contributed by atoms with Gasteiger partial charge in [0.2, 0.25) is 5.91 Å². The molecule has 1 aliphatic heterocycles. The fourth-order valence-electron chi connectivity index (χ4n) is 6.13. The summed E-state index contributed by atoms with van der Waals surface area (Å²) in [5, 5.41) is 10.4. The molecule has 240 valence electrons. The second-order valence-electron chi connectivity index (χ2n) is 11.9. The van der Waals surface area contributed by atoms with Crippen LogP contribution in [-0.2, 0) is 22.3 Å². The number of alkyl halides is 3. The maximum absolute atomic E-state index is 13.3. The van der Waals surface area contributed by atoms with E-state index in [0.717, 1.165) is 52.8 Å². The number of amidine groups is 1. The van der Waals surface area contributed by atoms with Crippen molar-refractivity contribution in [2.24, 2.45) is 16.6 Å². The number of carbonyl (C=O) groups excluding carboxylic acids is 2. The Labute approximate surface area is 260 Å². The minimum absolute atomic E-state index is 0.00803. The van der Waals surface area contributed by atoms with E-state index in [4.69, 9.17) is 5.73 Å². The molecule has 13 heteroatoms. The number of halogens is 3. The van der Waals surface area contributed by atoms with E-state index in [0.29, 0.717) is 24.9 Å². The normalized spacial score (nSPS) is 19.0. The summed E-state index contributed by atoms with van der Waals surface area (Å²) in [4.78, 5) is 35.6. The maximum atomic E-state index is 13.3. The van der Waals surface area contributed by atoms with Gasteiger partial charge in [-0.2, -0.15) is 23.3 Å². The van der Waals surface area contributed by atoms with E-state index in [9.17, 15) is 22.8 Å². The quantitative estimate of drug-likeness (QED) is 0.243. The second kappa shape index (κ2) is 12.5. The van der Waals surface area contributed by atoms with Gasteiger partial charge in [0.1, 0.15) is 23.9 Å². The number of amides is 2. The molecular formula is C32H39F3N8O2. The number of hydrogen-bond donors (Lipinski definition) is 3. The zero-order chi connectivity index (χ0) is 32.6. The Morgan fingerprint density at radius 2 is 1.84 bits per heavy atom. The van der Waals surface area contributed by atoms with Gasteiger partial charge in [0.05, 0.1) is 11.4 Å². The van der Waals surface area contributed by atoms with Crippen molar-refractivity contribution in [2.45, 2.75) is 71.1 Å². The Kier molecular flexibility index (Phi) is 8.90. The number of benzene rings is 1. The van der Waals surface area contributed by atoms with Crippen LogP contribution in [0.25, 0.3) is 11.1 Å². The largest absolute Gasteiger partial charge is 0.433 e. The Morgan fingerprint density at radius 3 is 2.47 bits per heavy atom. The molecule has 0 bridgehead atoms. The van der Waals surface area contributed by atoms with Crippen molar-refractivity contribution in [3.05, 3.63) is 58.5 Å². The van der Waals surface area contributed by atoms with Gasteiger partial charge in [0.25, 0.3) is 5.91 Å². The van der Waals surface area contributed by atoms with Gasteiger partial charge in [-0.15, -0.1) is 0 Å². The zero-order valence-electron chi connectivity index (χ0n) is 26.1. The number of likely N-dealkylation sites (N-methyl/N-ethyl adjacent to an activating group) is 1. The molecule has 4 N–H and O–H groups in total. The van der Waals surface area contributed by atoms with Crippen LogP contribution >= 0.6 is 0 Å². The van der Waals surface area contributed by atoms with Crippen LogP contribution in [0, 0.1) is 19.8 Å². The van der Waals surface area contributed by atoms with E-state index >= 15 is 0 Å². The summed E-state index contributed by atoms with van der Waals surface area (Å²) >= 11 is 0. The molecular weight excluding hydrogens is 585 g/mol. The van der Waals surface area contributed by atoms with Gasteiger partial charge in [-0.25, -0.2) is 9.67 Å². The number of rotatable bonds is 8. The van der Waals surface area contributed by atoms with Crippen LogP contribution < -0.4 is 21.3 Å². The van der Waals surface area contributed by atoms with Crippen molar-refractivity contribution in [1.29, 1.82) is 0 Å². The highest BCUT2D eigenvalue weighted by Crippen LogP contribution is 2.42. The van der Waals surface area contributed by atoms with Crippen LogP contribution in [0.5, 0.6) is 0 Å². The molecule has 1 aromatic carbocycles. The topological polar surface area (TPSA) is 131 Å². The number of aliphatic imine (C=N–C) groups is 1. The van der Waals surface area contributed by atoms with Crippen LogP contribution in [0.1, 0.15) is 66.7 Å². The molecule has 3 heterocycles. The molecule has 10 nitrogen and oxygen atoms in total. The monoisotopic (exact) mass is 624 g/mol. The first-order valence-corrected chi connectivity index (χ1v) is 15.1. The van der Waals surface area contributed by atoms with Crippen molar-refractivity contribution in [3.8, 4) is 11.1 Å². The predicted molar refractivity (Wildman–Crippen MR) is 167 cm³/mol. The summed E-state index contributed by atoms with van der Waals surface area (Å²) < 4.78 is 41.5.